The number of piperazine rings is 1. The Labute approximate surface area is 163 Å². The molecule has 2 saturated heterocycles. The molecule has 5 heteroatoms. The molecule has 0 amide bonds. The second-order valence-electron chi connectivity index (χ2n) is 8.10. The van der Waals surface area contributed by atoms with Crippen molar-refractivity contribution in [3.05, 3.63) is 41.6 Å². The molecule has 144 valence electrons. The number of hydrogen-bond donors (Lipinski definition) is 0. The standard InChI is InChI=1S/C22H31N5/c1-17-6-5-11-27(16-17)21-9-10-23-22(24-21)26-14-12-25(13-15-26)20-8-4-7-18(2)19(20)3/h4,7-10,17H,5-6,11-16H2,1-3H3. The third-order valence-electron chi connectivity index (χ3n) is 6.09. The third kappa shape index (κ3) is 3.87. The summed E-state index contributed by atoms with van der Waals surface area (Å²) in [6.07, 6.45) is 4.51. The number of rotatable bonds is 3. The predicted octanol–water partition coefficient (Wildman–Crippen LogP) is 3.66. The number of piperidine rings is 1. The van der Waals surface area contributed by atoms with Crippen molar-refractivity contribution in [2.45, 2.75) is 33.6 Å². The molecule has 0 radical (unpaired) electrons. The molecule has 0 bridgehead atoms. The topological polar surface area (TPSA) is 35.5 Å². The van der Waals surface area contributed by atoms with Crippen LogP contribution in [0.4, 0.5) is 17.5 Å². The molecule has 1 unspecified atom stereocenters. The first kappa shape index (κ1) is 18.1. The number of anilines is 3. The minimum absolute atomic E-state index is 0.748. The molecule has 3 heterocycles. The Balaban J connectivity index is 1.44. The Morgan fingerprint density at radius 1 is 0.926 bits per heavy atom. The predicted molar refractivity (Wildman–Crippen MR) is 113 cm³/mol. The maximum Gasteiger partial charge on any atom is 0.227 e. The van der Waals surface area contributed by atoms with Gasteiger partial charge in [-0.25, -0.2) is 4.98 Å². The fourth-order valence-electron chi connectivity index (χ4n) is 4.29. The Morgan fingerprint density at radius 3 is 2.48 bits per heavy atom. The lowest BCUT2D eigenvalue weighted by Crippen LogP contribution is -2.47. The maximum absolute atomic E-state index is 4.91. The fraction of sp³-hybridized carbons (Fsp3) is 0.545. The van der Waals surface area contributed by atoms with E-state index in [1.807, 2.05) is 6.20 Å². The largest absolute Gasteiger partial charge is 0.368 e. The quantitative estimate of drug-likeness (QED) is 0.829. The second-order valence-corrected chi connectivity index (χ2v) is 8.10. The van der Waals surface area contributed by atoms with Crippen LogP contribution in [-0.4, -0.2) is 49.2 Å². The van der Waals surface area contributed by atoms with Gasteiger partial charge in [-0.05, 0) is 55.9 Å². The van der Waals surface area contributed by atoms with Gasteiger partial charge in [0.25, 0.3) is 0 Å². The van der Waals surface area contributed by atoms with E-state index in [2.05, 4.69) is 64.7 Å². The van der Waals surface area contributed by atoms with Gasteiger partial charge < -0.3 is 14.7 Å². The van der Waals surface area contributed by atoms with Gasteiger partial charge in [0.1, 0.15) is 5.82 Å². The lowest BCUT2D eigenvalue weighted by Gasteiger charge is -2.37. The van der Waals surface area contributed by atoms with Crippen LogP contribution in [0.5, 0.6) is 0 Å². The summed E-state index contributed by atoms with van der Waals surface area (Å²) in [5.74, 6) is 2.72. The number of aryl methyl sites for hydroxylation is 1. The van der Waals surface area contributed by atoms with E-state index in [9.17, 15) is 0 Å². The van der Waals surface area contributed by atoms with Gasteiger partial charge in [-0.15, -0.1) is 0 Å². The molecule has 2 aromatic rings. The molecule has 5 nitrogen and oxygen atoms in total. The minimum atomic E-state index is 0.748. The van der Waals surface area contributed by atoms with Crippen molar-refractivity contribution in [3.8, 4) is 0 Å². The van der Waals surface area contributed by atoms with Gasteiger partial charge in [-0.1, -0.05) is 19.1 Å². The number of hydrogen-bond acceptors (Lipinski definition) is 5. The van der Waals surface area contributed by atoms with E-state index in [1.54, 1.807) is 0 Å². The molecule has 0 aliphatic carbocycles. The van der Waals surface area contributed by atoms with E-state index < -0.39 is 0 Å². The maximum atomic E-state index is 4.91. The molecule has 27 heavy (non-hydrogen) atoms. The average molecular weight is 366 g/mol. The van der Waals surface area contributed by atoms with Crippen LogP contribution in [0, 0.1) is 19.8 Å². The summed E-state index contributed by atoms with van der Waals surface area (Å²) >= 11 is 0. The highest BCUT2D eigenvalue weighted by molar-refractivity contribution is 5.57. The van der Waals surface area contributed by atoms with Crippen LogP contribution < -0.4 is 14.7 Å². The zero-order valence-corrected chi connectivity index (χ0v) is 16.9. The summed E-state index contributed by atoms with van der Waals surface area (Å²) in [6, 6.07) is 8.66. The lowest BCUT2D eigenvalue weighted by atomic mass is 10.0. The SMILES string of the molecule is Cc1cccc(N2CCN(c3nccc(N4CCCC(C)C4)n3)CC2)c1C. The Kier molecular flexibility index (Phi) is 5.19. The van der Waals surface area contributed by atoms with E-state index >= 15 is 0 Å². The van der Waals surface area contributed by atoms with Crippen LogP contribution in [-0.2, 0) is 0 Å². The third-order valence-corrected chi connectivity index (χ3v) is 6.09. The summed E-state index contributed by atoms with van der Waals surface area (Å²) in [4.78, 5) is 16.7. The first-order chi connectivity index (χ1) is 13.1. The van der Waals surface area contributed by atoms with Crippen molar-refractivity contribution >= 4 is 17.5 Å². The molecule has 0 N–H and O–H groups in total. The number of benzene rings is 1. The van der Waals surface area contributed by atoms with Crippen molar-refractivity contribution < 1.29 is 0 Å². The molecule has 2 aliphatic rings. The van der Waals surface area contributed by atoms with Gasteiger partial charge in [0.2, 0.25) is 5.95 Å². The van der Waals surface area contributed by atoms with Crippen LogP contribution in [0.1, 0.15) is 30.9 Å². The molecule has 1 aromatic heterocycles. The highest BCUT2D eigenvalue weighted by atomic mass is 15.3. The summed E-state index contributed by atoms with van der Waals surface area (Å²) < 4.78 is 0. The first-order valence-electron chi connectivity index (χ1n) is 10.3. The first-order valence-corrected chi connectivity index (χ1v) is 10.3. The van der Waals surface area contributed by atoms with E-state index in [0.717, 1.165) is 57.0 Å². The minimum Gasteiger partial charge on any atom is -0.368 e. The highest BCUT2D eigenvalue weighted by Gasteiger charge is 2.22. The van der Waals surface area contributed by atoms with Gasteiger partial charge in [-0.3, -0.25) is 0 Å². The van der Waals surface area contributed by atoms with E-state index in [-0.39, 0.29) is 0 Å². The Hall–Kier alpha value is -2.30. The van der Waals surface area contributed by atoms with E-state index in [4.69, 9.17) is 4.98 Å². The Morgan fingerprint density at radius 2 is 1.70 bits per heavy atom. The molecule has 4 rings (SSSR count). The average Bonchev–Trinajstić information content (AvgIpc) is 2.70. The van der Waals surface area contributed by atoms with Gasteiger partial charge in [-0.2, -0.15) is 4.98 Å². The van der Waals surface area contributed by atoms with Gasteiger partial charge in [0.05, 0.1) is 0 Å². The van der Waals surface area contributed by atoms with Crippen LogP contribution in [0.3, 0.4) is 0 Å². The summed E-state index contributed by atoms with van der Waals surface area (Å²) in [5.41, 5.74) is 4.12. The molecular weight excluding hydrogens is 334 g/mol. The molecule has 2 fully saturated rings. The zero-order valence-electron chi connectivity index (χ0n) is 16.9. The molecule has 0 spiro atoms. The molecule has 2 aliphatic heterocycles. The van der Waals surface area contributed by atoms with Gasteiger partial charge >= 0.3 is 0 Å². The van der Waals surface area contributed by atoms with Crippen molar-refractivity contribution in [1.82, 2.24) is 9.97 Å². The molecule has 1 aromatic carbocycles. The number of aromatic nitrogens is 2. The second kappa shape index (κ2) is 7.75. The highest BCUT2D eigenvalue weighted by Crippen LogP contribution is 2.26. The normalized spacial score (nSPS) is 20.9. The monoisotopic (exact) mass is 365 g/mol. The van der Waals surface area contributed by atoms with Crippen LogP contribution in [0.2, 0.25) is 0 Å². The lowest BCUT2D eigenvalue weighted by molar-refractivity contribution is 0.444. The van der Waals surface area contributed by atoms with Crippen molar-refractivity contribution in [2.24, 2.45) is 5.92 Å². The Bertz CT molecular complexity index is 782. The zero-order chi connectivity index (χ0) is 18.8. The number of nitrogens with zero attached hydrogens (tertiary/aromatic N) is 5. The smallest absolute Gasteiger partial charge is 0.227 e. The fourth-order valence-corrected chi connectivity index (χ4v) is 4.29. The molecule has 0 saturated carbocycles. The van der Waals surface area contributed by atoms with E-state index in [0.29, 0.717) is 0 Å². The van der Waals surface area contributed by atoms with Gasteiger partial charge in [0.15, 0.2) is 0 Å². The molecular formula is C22H31N5. The molecule has 1 atom stereocenters. The van der Waals surface area contributed by atoms with Gasteiger partial charge in [0, 0.05) is 51.2 Å². The van der Waals surface area contributed by atoms with Crippen molar-refractivity contribution in [2.75, 3.05) is 54.0 Å². The summed E-state index contributed by atoms with van der Waals surface area (Å²) in [6.45, 7) is 12.9. The summed E-state index contributed by atoms with van der Waals surface area (Å²) in [7, 11) is 0. The van der Waals surface area contributed by atoms with Crippen molar-refractivity contribution in [3.63, 3.8) is 0 Å². The summed E-state index contributed by atoms with van der Waals surface area (Å²) in [5, 5.41) is 0. The van der Waals surface area contributed by atoms with Crippen molar-refractivity contribution in [1.29, 1.82) is 0 Å². The van der Waals surface area contributed by atoms with E-state index in [1.165, 1.54) is 29.7 Å². The van der Waals surface area contributed by atoms with Crippen LogP contribution >= 0.6 is 0 Å². The van der Waals surface area contributed by atoms with Crippen LogP contribution in [0.25, 0.3) is 0 Å². The van der Waals surface area contributed by atoms with Crippen LogP contribution in [0.15, 0.2) is 30.5 Å².